The summed E-state index contributed by atoms with van der Waals surface area (Å²) in [5.41, 5.74) is 0. The van der Waals surface area contributed by atoms with Gasteiger partial charge < -0.3 is 0 Å². The monoisotopic (exact) mass is 348 g/mol. The fourth-order valence-electron chi connectivity index (χ4n) is 0. The molecule has 0 aliphatic heterocycles. The molecule has 0 rings (SSSR count). The van der Waals surface area contributed by atoms with Crippen molar-refractivity contribution in [2.75, 3.05) is 0 Å². The zero-order chi connectivity index (χ0) is 0. The van der Waals surface area contributed by atoms with Crippen LogP contribution in [-0.2, 0) is 17.1 Å². The molecule has 0 bridgehead atoms. The molecule has 0 spiro atoms. The molecule has 0 atom stereocenters. The van der Waals surface area contributed by atoms with Gasteiger partial charge in [0.25, 0.3) is 0 Å². The van der Waals surface area contributed by atoms with Gasteiger partial charge in [-0.25, -0.2) is 0 Å². The van der Waals surface area contributed by atoms with Crippen molar-refractivity contribution in [3.05, 3.63) is 0 Å². The van der Waals surface area contributed by atoms with Gasteiger partial charge in [-0.1, -0.05) is 0 Å². The second kappa shape index (κ2) is 16.2. The average Bonchev–Trinajstić information content (AvgIpc) is 0. The Morgan fingerprint density at radius 1 is 1.00 bits per heavy atom. The summed E-state index contributed by atoms with van der Waals surface area (Å²) in [5.74, 6) is 0. The number of hydrogen-bond donors (Lipinski definition) is 0. The molecule has 0 heterocycles. The van der Waals surface area contributed by atoms with Gasteiger partial charge >= 0.3 is 0 Å². The second-order valence-corrected chi connectivity index (χ2v) is 0. The summed E-state index contributed by atoms with van der Waals surface area (Å²) in [4.78, 5) is 0. The van der Waals surface area contributed by atoms with Crippen LogP contribution >= 0.6 is 0 Å². The first-order chi connectivity index (χ1) is 0. The van der Waals surface area contributed by atoms with Crippen LogP contribution in [0.25, 0.3) is 0 Å². The largest absolute Gasteiger partial charge is 0 e. The normalized spacial score (nSPS) is 0. The molecule has 18 valence electrons. The topological polar surface area (TPSA) is 0 Å². The van der Waals surface area contributed by atoms with Crippen LogP contribution in [0.3, 0.4) is 0 Å². The van der Waals surface area contributed by atoms with Crippen molar-refractivity contribution in [2.24, 2.45) is 0 Å². The summed E-state index contributed by atoms with van der Waals surface area (Å²) in [6.07, 6.45) is 0. The molecule has 4 radical (unpaired) electrons. The summed E-state index contributed by atoms with van der Waals surface area (Å²) in [5, 5.41) is 0. The molecule has 0 fully saturated rings. The van der Waals surface area contributed by atoms with Crippen LogP contribution in [0.15, 0.2) is 0 Å². The Morgan fingerprint density at radius 3 is 1.00 bits per heavy atom. The molecule has 0 aromatic carbocycles. The second-order valence-electron chi connectivity index (χ2n) is 0. The molecule has 4 heavy (non-hydrogen) atoms. The van der Waals surface area contributed by atoms with Gasteiger partial charge in [-0.05, 0) is 0 Å². The third-order valence-corrected chi connectivity index (χ3v) is 0. The van der Waals surface area contributed by atoms with Crippen molar-refractivity contribution in [1.82, 2.24) is 0 Å². The van der Waals surface area contributed by atoms with E-state index in [1.807, 2.05) is 0 Å². The van der Waals surface area contributed by atoms with Gasteiger partial charge in [0.1, 0.15) is 0 Å². The van der Waals surface area contributed by atoms with E-state index in [0.717, 1.165) is 0 Å². The van der Waals surface area contributed by atoms with Crippen molar-refractivity contribution in [2.45, 2.75) is 0 Å². The molecule has 0 unspecified atom stereocenters. The third-order valence-electron chi connectivity index (χ3n) is 0. The maximum Gasteiger partial charge on any atom is 0 e. The van der Waals surface area contributed by atoms with E-state index in [1.54, 1.807) is 0 Å². The molecule has 0 nitrogen and oxygen atoms in total. The molecule has 0 amide bonds. The standard InChI is InChI=1S/B.Ce.Fe.Pr. The van der Waals surface area contributed by atoms with Crippen molar-refractivity contribution in [3.63, 3.8) is 0 Å². The Labute approximate surface area is 106 Å². The Balaban J connectivity index is 0. The van der Waals surface area contributed by atoms with E-state index in [-0.39, 0.29) is 109 Å². The van der Waals surface area contributed by atoms with Gasteiger partial charge in [-0.15, -0.1) is 0 Å². The van der Waals surface area contributed by atoms with Crippen LogP contribution in [-0.4, -0.2) is 8.41 Å². The van der Waals surface area contributed by atoms with Crippen molar-refractivity contribution >= 4 is 8.41 Å². The smallest absolute Gasteiger partial charge is 0 e. The first kappa shape index (κ1) is 26.5. The van der Waals surface area contributed by atoms with E-state index in [9.17, 15) is 0 Å². The molecular formula is BCeFePr. The van der Waals surface area contributed by atoms with E-state index < -0.39 is 0 Å². The van der Waals surface area contributed by atoms with E-state index in [0.29, 0.717) is 0 Å². The Bertz CT molecular complexity index is 8.00. The summed E-state index contributed by atoms with van der Waals surface area (Å²) >= 11 is 0. The van der Waals surface area contributed by atoms with Gasteiger partial charge in [-0.3, -0.25) is 0 Å². The van der Waals surface area contributed by atoms with Crippen molar-refractivity contribution in [1.29, 1.82) is 0 Å². The van der Waals surface area contributed by atoms with Crippen LogP contribution in [0.1, 0.15) is 0 Å². The quantitative estimate of drug-likeness (QED) is 0.524. The van der Waals surface area contributed by atoms with Crippen molar-refractivity contribution < 1.29 is 100 Å². The SMILES string of the molecule is [B].[Ce].[Fe].[Pr]. The zero-order valence-electron chi connectivity index (χ0n) is 2.01. The van der Waals surface area contributed by atoms with Gasteiger partial charge in [0.05, 0.1) is 0 Å². The molecule has 0 aliphatic rings. The minimum Gasteiger partial charge on any atom is 0 e. The Kier molecular flexibility index (Phi) is 108. The average molecular weight is 348 g/mol. The van der Waals surface area contributed by atoms with Crippen LogP contribution in [0.4, 0.5) is 0 Å². The zero-order valence-corrected chi connectivity index (χ0v) is 9.96. The van der Waals surface area contributed by atoms with Gasteiger partial charge in [-0.2, -0.15) is 0 Å². The van der Waals surface area contributed by atoms with E-state index in [4.69, 9.17) is 0 Å². The van der Waals surface area contributed by atoms with E-state index >= 15 is 0 Å². The Morgan fingerprint density at radius 2 is 1.00 bits per heavy atom. The Hall–Kier alpha value is 3.32. The maximum atomic E-state index is 0. The fourth-order valence-corrected chi connectivity index (χ4v) is 0. The molecular weight excluding hydrogens is 348 g/mol. The first-order valence-electron chi connectivity index (χ1n) is 0. The summed E-state index contributed by atoms with van der Waals surface area (Å²) in [6, 6.07) is 0. The summed E-state index contributed by atoms with van der Waals surface area (Å²) in [6.45, 7) is 0. The number of rotatable bonds is 0. The molecule has 0 saturated heterocycles. The molecule has 0 aromatic rings. The fraction of sp³-hybridized carbons (Fsp3) is 0. The third kappa shape index (κ3) is 9.01. The maximum absolute atomic E-state index is 0. The molecule has 0 aromatic heterocycles. The van der Waals surface area contributed by atoms with Crippen molar-refractivity contribution in [3.8, 4) is 0 Å². The van der Waals surface area contributed by atoms with E-state index in [1.165, 1.54) is 0 Å². The van der Waals surface area contributed by atoms with Gasteiger partial charge in [0.2, 0.25) is 0 Å². The first-order valence-corrected chi connectivity index (χ1v) is 0. The van der Waals surface area contributed by atoms with Crippen LogP contribution in [0.2, 0.25) is 0 Å². The van der Waals surface area contributed by atoms with Gasteiger partial charge in [0, 0.05) is 109 Å². The van der Waals surface area contributed by atoms with Gasteiger partial charge in [0.15, 0.2) is 0 Å². The molecule has 0 saturated carbocycles. The molecule has 0 N–H and O–H groups in total. The minimum atomic E-state index is 0. The molecule has 4 heteroatoms. The van der Waals surface area contributed by atoms with E-state index in [2.05, 4.69) is 0 Å². The minimum absolute atomic E-state index is 0. The summed E-state index contributed by atoms with van der Waals surface area (Å²) in [7, 11) is 0. The summed E-state index contributed by atoms with van der Waals surface area (Å²) < 4.78 is 0. The predicted octanol–water partition coefficient (Wildman–Crippen LogP) is -0.383. The van der Waals surface area contributed by atoms with Crippen LogP contribution < -0.4 is 0 Å². The molecule has 0 aliphatic carbocycles. The van der Waals surface area contributed by atoms with Crippen LogP contribution in [0.5, 0.6) is 0 Å². The number of hydrogen-bond acceptors (Lipinski definition) is 0. The van der Waals surface area contributed by atoms with Crippen LogP contribution in [0, 0.1) is 83.0 Å². The predicted molar refractivity (Wildman–Crippen MR) is 5.75 cm³/mol.